The molecule has 0 fully saturated rings. The fourth-order valence-corrected chi connectivity index (χ4v) is 3.22. The molecule has 0 aliphatic carbocycles. The Morgan fingerprint density at radius 2 is 2.11 bits per heavy atom. The summed E-state index contributed by atoms with van der Waals surface area (Å²) in [6.45, 7) is 2.16. The summed E-state index contributed by atoms with van der Waals surface area (Å²) in [6, 6.07) is 10.7. The van der Waals surface area contributed by atoms with E-state index in [4.69, 9.17) is 16.0 Å². The van der Waals surface area contributed by atoms with Crippen molar-refractivity contribution >= 4 is 52.0 Å². The van der Waals surface area contributed by atoms with E-state index in [1.807, 2.05) is 25.1 Å². The normalized spacial score (nSPS) is 11.0. The lowest BCUT2D eigenvalue weighted by Crippen LogP contribution is -2.32. The van der Waals surface area contributed by atoms with E-state index in [0.29, 0.717) is 28.5 Å². The second-order valence-electron chi connectivity index (χ2n) is 6.47. The van der Waals surface area contributed by atoms with Gasteiger partial charge in [-0.25, -0.2) is 9.78 Å². The summed E-state index contributed by atoms with van der Waals surface area (Å²) in [5.74, 6) is -0.145. The van der Waals surface area contributed by atoms with Gasteiger partial charge in [0, 0.05) is 12.1 Å². The fraction of sp³-hybridized carbons (Fsp3) is 0.211. The smallest absolute Gasteiger partial charge is 0.408 e. The van der Waals surface area contributed by atoms with Gasteiger partial charge in [0.2, 0.25) is 5.91 Å². The minimum absolute atomic E-state index is 0. The summed E-state index contributed by atoms with van der Waals surface area (Å²) < 4.78 is 6.45. The molecular weight excluding hydrogens is 403 g/mol. The van der Waals surface area contributed by atoms with Crippen molar-refractivity contribution in [3.05, 3.63) is 63.4 Å². The van der Waals surface area contributed by atoms with E-state index in [9.17, 15) is 9.59 Å². The van der Waals surface area contributed by atoms with Crippen LogP contribution in [0.1, 0.15) is 11.4 Å². The Bertz CT molecular complexity index is 1230. The molecule has 1 amide bonds. The van der Waals surface area contributed by atoms with Crippen LogP contribution in [0.4, 0.5) is 0 Å². The van der Waals surface area contributed by atoms with Crippen molar-refractivity contribution in [3.63, 3.8) is 0 Å². The zero-order valence-corrected chi connectivity index (χ0v) is 16.8. The molecule has 4 rings (SSSR count). The molecule has 2 aromatic carbocycles. The molecule has 2 heterocycles. The third kappa shape index (κ3) is 3.63. The second-order valence-corrected chi connectivity index (χ2v) is 6.91. The van der Waals surface area contributed by atoms with Gasteiger partial charge in [0.25, 0.3) is 0 Å². The molecule has 7 nitrogen and oxygen atoms in total. The van der Waals surface area contributed by atoms with Crippen molar-refractivity contribution in [3.8, 4) is 0 Å². The highest BCUT2D eigenvalue weighted by atomic mass is 35.5. The number of amides is 1. The van der Waals surface area contributed by atoms with Crippen LogP contribution in [-0.2, 0) is 17.9 Å². The van der Waals surface area contributed by atoms with Crippen LogP contribution >= 0.6 is 24.0 Å². The first kappa shape index (κ1) is 20.0. The van der Waals surface area contributed by atoms with Crippen LogP contribution in [0.15, 0.2) is 45.6 Å². The Morgan fingerprint density at radius 3 is 2.86 bits per heavy atom. The minimum Gasteiger partial charge on any atom is -0.408 e. The van der Waals surface area contributed by atoms with Gasteiger partial charge in [-0.2, -0.15) is 0 Å². The first-order valence-corrected chi connectivity index (χ1v) is 8.77. The summed E-state index contributed by atoms with van der Waals surface area (Å²) in [6.07, 6.45) is 0. The highest BCUT2D eigenvalue weighted by Gasteiger charge is 2.17. The van der Waals surface area contributed by atoms with Gasteiger partial charge in [0.15, 0.2) is 5.58 Å². The van der Waals surface area contributed by atoms with E-state index in [0.717, 1.165) is 16.6 Å². The van der Waals surface area contributed by atoms with Gasteiger partial charge >= 0.3 is 5.76 Å². The van der Waals surface area contributed by atoms with Gasteiger partial charge in [-0.15, -0.1) is 12.4 Å². The van der Waals surface area contributed by atoms with Crippen molar-refractivity contribution in [1.29, 1.82) is 0 Å². The SMILES string of the molecule is Cc1cccc2[nH]c(CN(C)C(=O)Cn3c(=O)oc4ccc(Cl)cc43)nc12.Cl. The molecule has 2 aromatic heterocycles. The summed E-state index contributed by atoms with van der Waals surface area (Å²) in [5, 5.41) is 0.468. The van der Waals surface area contributed by atoms with Gasteiger partial charge in [0.05, 0.1) is 23.1 Å². The van der Waals surface area contributed by atoms with Crippen molar-refractivity contribution < 1.29 is 9.21 Å². The van der Waals surface area contributed by atoms with Crippen LogP contribution in [-0.4, -0.2) is 32.4 Å². The topological polar surface area (TPSA) is 84.1 Å². The molecule has 0 spiro atoms. The number of oxazole rings is 1. The predicted molar refractivity (Wildman–Crippen MR) is 110 cm³/mol. The lowest BCUT2D eigenvalue weighted by Gasteiger charge is -2.15. The number of carbonyl (C=O) groups is 1. The molecule has 28 heavy (non-hydrogen) atoms. The third-order valence-electron chi connectivity index (χ3n) is 4.50. The van der Waals surface area contributed by atoms with Crippen LogP contribution in [0.5, 0.6) is 0 Å². The maximum absolute atomic E-state index is 12.6. The second kappa shape index (κ2) is 7.69. The Hall–Kier alpha value is -2.77. The predicted octanol–water partition coefficient (Wildman–Crippen LogP) is 3.51. The number of aromatic nitrogens is 3. The minimum atomic E-state index is -0.589. The summed E-state index contributed by atoms with van der Waals surface area (Å²) in [7, 11) is 1.67. The summed E-state index contributed by atoms with van der Waals surface area (Å²) in [5.41, 5.74) is 3.77. The molecule has 0 radical (unpaired) electrons. The van der Waals surface area contributed by atoms with E-state index in [1.54, 1.807) is 25.2 Å². The Kier molecular flexibility index (Phi) is 5.49. The van der Waals surface area contributed by atoms with E-state index in [1.165, 1.54) is 9.47 Å². The fourth-order valence-electron chi connectivity index (χ4n) is 3.06. The van der Waals surface area contributed by atoms with Gasteiger partial charge in [-0.1, -0.05) is 23.7 Å². The molecule has 0 atom stereocenters. The van der Waals surface area contributed by atoms with Gasteiger partial charge in [0.1, 0.15) is 12.4 Å². The van der Waals surface area contributed by atoms with Crippen LogP contribution in [0.2, 0.25) is 5.02 Å². The lowest BCUT2D eigenvalue weighted by atomic mass is 10.2. The number of fused-ring (bicyclic) bond motifs is 2. The monoisotopic (exact) mass is 420 g/mol. The number of aromatic amines is 1. The molecule has 9 heteroatoms. The Balaban J connectivity index is 0.00000225. The molecule has 0 aliphatic heterocycles. The highest BCUT2D eigenvalue weighted by molar-refractivity contribution is 6.31. The van der Waals surface area contributed by atoms with Crippen molar-refractivity contribution in [2.75, 3.05) is 7.05 Å². The summed E-state index contributed by atoms with van der Waals surface area (Å²) >= 11 is 5.99. The number of aryl methyl sites for hydroxylation is 1. The number of rotatable bonds is 4. The number of para-hydroxylation sites is 1. The molecular formula is C19H18Cl2N4O3. The van der Waals surface area contributed by atoms with Crippen LogP contribution < -0.4 is 5.76 Å². The number of hydrogen-bond donors (Lipinski definition) is 1. The zero-order chi connectivity index (χ0) is 19.1. The molecule has 146 valence electrons. The number of nitrogens with zero attached hydrogens (tertiary/aromatic N) is 3. The first-order chi connectivity index (χ1) is 12.9. The maximum atomic E-state index is 12.6. The van der Waals surface area contributed by atoms with E-state index >= 15 is 0 Å². The number of carbonyl (C=O) groups excluding carboxylic acids is 1. The largest absolute Gasteiger partial charge is 0.420 e. The average Bonchev–Trinajstić information content (AvgIpc) is 3.17. The molecule has 0 saturated heterocycles. The van der Waals surface area contributed by atoms with E-state index in [-0.39, 0.29) is 24.9 Å². The number of likely N-dealkylation sites (N-methyl/N-ethyl adjacent to an activating group) is 1. The maximum Gasteiger partial charge on any atom is 0.420 e. The van der Waals surface area contributed by atoms with Crippen molar-refractivity contribution in [2.24, 2.45) is 0 Å². The van der Waals surface area contributed by atoms with Crippen LogP contribution in [0.25, 0.3) is 22.1 Å². The molecule has 1 N–H and O–H groups in total. The van der Waals surface area contributed by atoms with E-state index < -0.39 is 5.76 Å². The van der Waals surface area contributed by atoms with Gasteiger partial charge in [-0.05, 0) is 36.8 Å². The number of halogens is 2. The zero-order valence-electron chi connectivity index (χ0n) is 15.2. The number of hydrogen-bond acceptors (Lipinski definition) is 4. The van der Waals surface area contributed by atoms with Crippen LogP contribution in [0.3, 0.4) is 0 Å². The van der Waals surface area contributed by atoms with Gasteiger partial charge < -0.3 is 14.3 Å². The molecule has 0 aliphatic rings. The van der Waals surface area contributed by atoms with Crippen molar-refractivity contribution in [2.45, 2.75) is 20.0 Å². The molecule has 0 unspecified atom stereocenters. The number of benzene rings is 2. The molecule has 0 bridgehead atoms. The quantitative estimate of drug-likeness (QED) is 0.547. The summed E-state index contributed by atoms with van der Waals surface area (Å²) in [4.78, 5) is 34.0. The molecule has 4 aromatic rings. The first-order valence-electron chi connectivity index (χ1n) is 8.39. The van der Waals surface area contributed by atoms with Crippen molar-refractivity contribution in [1.82, 2.24) is 19.4 Å². The van der Waals surface area contributed by atoms with E-state index in [2.05, 4.69) is 9.97 Å². The average molecular weight is 421 g/mol. The Morgan fingerprint density at radius 1 is 1.32 bits per heavy atom. The number of imidazole rings is 1. The Labute approximate surface area is 171 Å². The van der Waals surface area contributed by atoms with Crippen LogP contribution in [0, 0.1) is 6.92 Å². The lowest BCUT2D eigenvalue weighted by molar-refractivity contribution is -0.131. The number of H-pyrrole nitrogens is 1. The van der Waals surface area contributed by atoms with Gasteiger partial charge in [-0.3, -0.25) is 9.36 Å². The number of nitrogens with one attached hydrogen (secondary N) is 1. The molecule has 0 saturated carbocycles. The highest BCUT2D eigenvalue weighted by Crippen LogP contribution is 2.19. The standard InChI is InChI=1S/C19H17ClN4O3.ClH/c1-11-4-3-5-13-18(11)22-16(21-13)9-23(2)17(25)10-24-14-8-12(20)6-7-15(14)27-19(24)26;/h3-8H,9-10H2,1-2H3,(H,21,22);1H. The third-order valence-corrected chi connectivity index (χ3v) is 4.73.